The Kier molecular flexibility index (Phi) is 10.2. The van der Waals surface area contributed by atoms with Crippen LogP contribution < -0.4 is 11.1 Å². The van der Waals surface area contributed by atoms with Gasteiger partial charge in [-0.05, 0) is 31.5 Å². The zero-order valence-electron chi connectivity index (χ0n) is 15.1. The van der Waals surface area contributed by atoms with E-state index in [1.807, 2.05) is 13.8 Å². The van der Waals surface area contributed by atoms with Crippen molar-refractivity contribution < 1.29 is 17.9 Å². The Morgan fingerprint density at radius 1 is 1.28 bits per heavy atom. The van der Waals surface area contributed by atoms with Gasteiger partial charge in [0.25, 0.3) is 0 Å². The minimum absolute atomic E-state index is 0. The fourth-order valence-electron chi connectivity index (χ4n) is 1.97. The third kappa shape index (κ3) is 6.91. The van der Waals surface area contributed by atoms with Gasteiger partial charge in [-0.1, -0.05) is 12.1 Å². The van der Waals surface area contributed by atoms with Gasteiger partial charge in [-0.3, -0.25) is 4.79 Å². The van der Waals surface area contributed by atoms with Crippen LogP contribution in [0.4, 0.5) is 0 Å². The lowest BCUT2D eigenvalue weighted by molar-refractivity contribution is -0.123. The van der Waals surface area contributed by atoms with Gasteiger partial charge < -0.3 is 15.8 Å². The summed E-state index contributed by atoms with van der Waals surface area (Å²) >= 11 is 0. The van der Waals surface area contributed by atoms with E-state index in [4.69, 9.17) is 10.5 Å². The second kappa shape index (κ2) is 10.7. The standard InChI is InChI=1S/C16H27N3O4S.ClH/c1-12(2)19(3)24(21,22)15-7-5-13(6-8-15)11-18-16(20)9-14(10-17)23-4;/h5-8,12,14H,9-11,17H2,1-4H3,(H,18,20);1H. The van der Waals surface area contributed by atoms with E-state index in [0.29, 0.717) is 6.54 Å². The van der Waals surface area contributed by atoms with Crippen LogP contribution >= 0.6 is 12.4 Å². The van der Waals surface area contributed by atoms with Gasteiger partial charge >= 0.3 is 0 Å². The van der Waals surface area contributed by atoms with Gasteiger partial charge in [0.05, 0.1) is 17.4 Å². The number of methoxy groups -OCH3 is 1. The number of sulfonamides is 1. The number of carbonyl (C=O) groups excluding carboxylic acids is 1. The maximum atomic E-state index is 12.4. The number of halogens is 1. The van der Waals surface area contributed by atoms with Crippen LogP contribution in [-0.4, -0.2) is 51.5 Å². The van der Waals surface area contributed by atoms with E-state index in [1.54, 1.807) is 31.3 Å². The van der Waals surface area contributed by atoms with E-state index in [2.05, 4.69) is 5.32 Å². The molecule has 0 saturated carbocycles. The van der Waals surface area contributed by atoms with Crippen LogP contribution in [0.25, 0.3) is 0 Å². The quantitative estimate of drug-likeness (QED) is 0.654. The molecule has 0 aliphatic carbocycles. The summed E-state index contributed by atoms with van der Waals surface area (Å²) in [7, 11) is -0.428. The molecule has 1 unspecified atom stereocenters. The molecule has 0 saturated heterocycles. The number of benzene rings is 1. The van der Waals surface area contributed by atoms with E-state index in [9.17, 15) is 13.2 Å². The van der Waals surface area contributed by atoms with Crippen LogP contribution in [0.15, 0.2) is 29.2 Å². The van der Waals surface area contributed by atoms with E-state index in [1.165, 1.54) is 11.4 Å². The number of rotatable bonds is 9. The summed E-state index contributed by atoms with van der Waals surface area (Å²) < 4.78 is 31.1. The van der Waals surface area contributed by atoms with Crippen LogP contribution in [-0.2, 0) is 26.1 Å². The van der Waals surface area contributed by atoms with E-state index in [-0.39, 0.29) is 48.3 Å². The Bertz CT molecular complexity index is 631. The average molecular weight is 394 g/mol. The number of ether oxygens (including phenoxy) is 1. The molecule has 0 bridgehead atoms. The first-order valence-electron chi connectivity index (χ1n) is 7.78. The summed E-state index contributed by atoms with van der Waals surface area (Å²) in [6.45, 7) is 4.23. The van der Waals surface area contributed by atoms with Crippen LogP contribution in [0.5, 0.6) is 0 Å². The van der Waals surface area contributed by atoms with Gasteiger partial charge in [0.2, 0.25) is 15.9 Å². The zero-order chi connectivity index (χ0) is 18.3. The molecule has 144 valence electrons. The summed E-state index contributed by atoms with van der Waals surface area (Å²) in [5.41, 5.74) is 6.29. The Balaban J connectivity index is 0.00000576. The monoisotopic (exact) mass is 393 g/mol. The molecule has 9 heteroatoms. The predicted octanol–water partition coefficient (Wildman–Crippen LogP) is 1.12. The van der Waals surface area contributed by atoms with E-state index in [0.717, 1.165) is 5.56 Å². The Morgan fingerprint density at radius 2 is 1.84 bits per heavy atom. The Labute approximate surface area is 156 Å². The lowest BCUT2D eigenvalue weighted by atomic mass is 10.2. The van der Waals surface area contributed by atoms with Crippen molar-refractivity contribution in [3.63, 3.8) is 0 Å². The molecule has 1 amide bonds. The topological polar surface area (TPSA) is 102 Å². The predicted molar refractivity (Wildman–Crippen MR) is 100 cm³/mol. The van der Waals surface area contributed by atoms with Crippen molar-refractivity contribution in [3.05, 3.63) is 29.8 Å². The van der Waals surface area contributed by atoms with Crippen molar-refractivity contribution in [1.29, 1.82) is 0 Å². The first-order valence-corrected chi connectivity index (χ1v) is 9.23. The largest absolute Gasteiger partial charge is 0.380 e. The highest BCUT2D eigenvalue weighted by atomic mass is 35.5. The van der Waals surface area contributed by atoms with Crippen molar-refractivity contribution in [2.24, 2.45) is 5.73 Å². The van der Waals surface area contributed by atoms with Gasteiger partial charge in [-0.25, -0.2) is 8.42 Å². The molecule has 1 rings (SSSR count). The highest BCUT2D eigenvalue weighted by Gasteiger charge is 2.22. The summed E-state index contributed by atoms with van der Waals surface area (Å²) in [5.74, 6) is -0.163. The van der Waals surface area contributed by atoms with E-state index >= 15 is 0 Å². The van der Waals surface area contributed by atoms with Gasteiger partial charge in [-0.15, -0.1) is 12.4 Å². The molecule has 0 spiro atoms. The van der Waals surface area contributed by atoms with Crippen molar-refractivity contribution >= 4 is 28.3 Å². The maximum absolute atomic E-state index is 12.4. The molecule has 0 aromatic heterocycles. The first kappa shape index (κ1) is 23.8. The lowest BCUT2D eigenvalue weighted by Gasteiger charge is -2.21. The molecule has 0 aliphatic rings. The van der Waals surface area contributed by atoms with Crippen molar-refractivity contribution in [2.45, 2.75) is 43.9 Å². The summed E-state index contributed by atoms with van der Waals surface area (Å²) in [5, 5.41) is 2.76. The Hall–Kier alpha value is -1.19. The molecule has 25 heavy (non-hydrogen) atoms. The second-order valence-electron chi connectivity index (χ2n) is 5.83. The van der Waals surface area contributed by atoms with E-state index < -0.39 is 10.0 Å². The average Bonchev–Trinajstić information content (AvgIpc) is 2.57. The number of nitrogens with one attached hydrogen (secondary N) is 1. The molecule has 0 radical (unpaired) electrons. The number of nitrogens with zero attached hydrogens (tertiary/aromatic N) is 1. The minimum atomic E-state index is -3.49. The molecule has 3 N–H and O–H groups in total. The summed E-state index contributed by atoms with van der Waals surface area (Å²) in [4.78, 5) is 12.0. The second-order valence-corrected chi connectivity index (χ2v) is 7.83. The molecule has 0 aliphatic heterocycles. The van der Waals surface area contributed by atoms with Crippen molar-refractivity contribution in [2.75, 3.05) is 20.7 Å². The molecule has 1 aromatic rings. The molecule has 7 nitrogen and oxygen atoms in total. The molecule has 1 atom stereocenters. The lowest BCUT2D eigenvalue weighted by Crippen LogP contribution is -2.33. The van der Waals surface area contributed by atoms with Gasteiger partial charge in [0.15, 0.2) is 0 Å². The highest BCUT2D eigenvalue weighted by Crippen LogP contribution is 2.17. The fourth-order valence-corrected chi connectivity index (χ4v) is 3.33. The zero-order valence-corrected chi connectivity index (χ0v) is 16.7. The molecular formula is C16H28ClN3O4S. The first-order chi connectivity index (χ1) is 11.2. The number of nitrogens with two attached hydrogens (primary N) is 1. The number of carbonyl (C=O) groups is 1. The van der Waals surface area contributed by atoms with Gasteiger partial charge in [0, 0.05) is 33.3 Å². The minimum Gasteiger partial charge on any atom is -0.380 e. The molecule has 0 heterocycles. The molecule has 0 fully saturated rings. The SMILES string of the molecule is COC(CN)CC(=O)NCc1ccc(S(=O)(=O)N(C)C(C)C)cc1.Cl. The van der Waals surface area contributed by atoms with Crippen LogP contribution in [0, 0.1) is 0 Å². The van der Waals surface area contributed by atoms with Gasteiger partial charge in [0.1, 0.15) is 0 Å². The molecular weight excluding hydrogens is 366 g/mol. The smallest absolute Gasteiger partial charge is 0.243 e. The Morgan fingerprint density at radius 3 is 2.28 bits per heavy atom. The van der Waals surface area contributed by atoms with Crippen LogP contribution in [0.2, 0.25) is 0 Å². The summed E-state index contributed by atoms with van der Waals surface area (Å²) in [6.07, 6.45) is -0.109. The number of hydrogen-bond acceptors (Lipinski definition) is 5. The van der Waals surface area contributed by atoms with Crippen molar-refractivity contribution in [3.8, 4) is 0 Å². The van der Waals surface area contributed by atoms with Crippen LogP contribution in [0.3, 0.4) is 0 Å². The normalized spacial score (nSPS) is 12.8. The molecule has 1 aromatic carbocycles. The van der Waals surface area contributed by atoms with Crippen LogP contribution in [0.1, 0.15) is 25.8 Å². The number of hydrogen-bond donors (Lipinski definition) is 2. The number of amides is 1. The van der Waals surface area contributed by atoms with Gasteiger partial charge in [-0.2, -0.15) is 4.31 Å². The fraction of sp³-hybridized carbons (Fsp3) is 0.562. The maximum Gasteiger partial charge on any atom is 0.243 e. The third-order valence-electron chi connectivity index (χ3n) is 3.83. The summed E-state index contributed by atoms with van der Waals surface area (Å²) in [6, 6.07) is 6.36. The van der Waals surface area contributed by atoms with Crippen molar-refractivity contribution in [1.82, 2.24) is 9.62 Å². The highest BCUT2D eigenvalue weighted by molar-refractivity contribution is 7.89. The third-order valence-corrected chi connectivity index (χ3v) is 5.87.